The van der Waals surface area contributed by atoms with E-state index in [2.05, 4.69) is 4.72 Å². The molecular weight excluding hydrogens is 404 g/mol. The Morgan fingerprint density at radius 2 is 1.92 bits per heavy atom. The third-order valence-electron chi connectivity index (χ3n) is 4.01. The van der Waals surface area contributed by atoms with E-state index in [0.717, 1.165) is 22.5 Å². The van der Waals surface area contributed by atoms with E-state index in [4.69, 9.17) is 11.6 Å². The minimum Gasteiger partial charge on any atom is -0.279 e. The molecule has 0 atom stereocenters. The van der Waals surface area contributed by atoms with Crippen molar-refractivity contribution in [1.82, 2.24) is 4.31 Å². The molecule has 0 fully saturated rings. The summed E-state index contributed by atoms with van der Waals surface area (Å²) in [4.78, 5) is 0. The van der Waals surface area contributed by atoms with Crippen molar-refractivity contribution in [3.05, 3.63) is 45.8 Å². The third-order valence-corrected chi connectivity index (χ3v) is 8.94. The van der Waals surface area contributed by atoms with Crippen LogP contribution in [0.3, 0.4) is 0 Å². The van der Waals surface area contributed by atoms with Crippen molar-refractivity contribution in [3.63, 3.8) is 0 Å². The molecule has 0 bridgehead atoms. The molecule has 2 heterocycles. The van der Waals surface area contributed by atoms with Gasteiger partial charge in [0.05, 0.1) is 10.1 Å². The van der Waals surface area contributed by atoms with Crippen molar-refractivity contribution in [3.8, 4) is 0 Å². The predicted molar refractivity (Wildman–Crippen MR) is 100 cm³/mol. The van der Waals surface area contributed by atoms with Gasteiger partial charge in [0.1, 0.15) is 4.21 Å². The van der Waals surface area contributed by atoms with E-state index in [-0.39, 0.29) is 16.5 Å². The average Bonchev–Trinajstić information content (AvgIpc) is 3.01. The van der Waals surface area contributed by atoms with Gasteiger partial charge in [-0.2, -0.15) is 4.31 Å². The quantitative estimate of drug-likeness (QED) is 0.806. The molecule has 1 aliphatic heterocycles. The molecule has 0 saturated carbocycles. The zero-order chi connectivity index (χ0) is 18.2. The van der Waals surface area contributed by atoms with Crippen LogP contribution in [0.4, 0.5) is 5.69 Å². The first kappa shape index (κ1) is 18.7. The molecule has 1 aromatic carbocycles. The van der Waals surface area contributed by atoms with Crippen molar-refractivity contribution in [2.24, 2.45) is 0 Å². The largest absolute Gasteiger partial charge is 0.279 e. The van der Waals surface area contributed by atoms with Gasteiger partial charge in [0.2, 0.25) is 10.0 Å². The molecule has 0 amide bonds. The lowest BCUT2D eigenvalue weighted by molar-refractivity contribution is 0.392. The first-order chi connectivity index (χ1) is 11.7. The molecule has 2 aromatic rings. The second-order valence-corrected chi connectivity index (χ2v) is 11.5. The number of hydrogen-bond donors (Lipinski definition) is 1. The molecule has 1 aromatic heterocycles. The Balaban J connectivity index is 1.85. The van der Waals surface area contributed by atoms with Crippen LogP contribution in [0.25, 0.3) is 0 Å². The predicted octanol–water partition coefficient (Wildman–Crippen LogP) is 2.91. The van der Waals surface area contributed by atoms with Crippen LogP contribution in [0, 0.1) is 0 Å². The lowest BCUT2D eigenvalue weighted by Gasteiger charge is -2.28. The topological polar surface area (TPSA) is 83.6 Å². The summed E-state index contributed by atoms with van der Waals surface area (Å²) in [5, 5.41) is 0. The molecule has 25 heavy (non-hydrogen) atoms. The van der Waals surface area contributed by atoms with Crippen LogP contribution in [0.15, 0.2) is 34.5 Å². The lowest BCUT2D eigenvalue weighted by atomic mass is 10.0. The standard InChI is InChI=1S/C15H17ClN2O4S3/c1-2-24(19,20)18-8-7-11-3-4-13(9-12(11)10-18)17-25(21,22)15-6-5-14(16)23-15/h3-6,9,17H,2,7-8,10H2,1H3. The van der Waals surface area contributed by atoms with Gasteiger partial charge in [0, 0.05) is 18.8 Å². The van der Waals surface area contributed by atoms with E-state index >= 15 is 0 Å². The molecule has 0 spiro atoms. The van der Waals surface area contributed by atoms with E-state index in [1.54, 1.807) is 19.1 Å². The van der Waals surface area contributed by atoms with Crippen LogP contribution in [0.1, 0.15) is 18.1 Å². The van der Waals surface area contributed by atoms with E-state index in [1.807, 2.05) is 6.07 Å². The summed E-state index contributed by atoms with van der Waals surface area (Å²) in [6.45, 7) is 2.31. The normalized spacial score (nSPS) is 15.8. The van der Waals surface area contributed by atoms with E-state index in [9.17, 15) is 16.8 Å². The van der Waals surface area contributed by atoms with Gasteiger partial charge in [-0.15, -0.1) is 11.3 Å². The van der Waals surface area contributed by atoms with Gasteiger partial charge in [-0.25, -0.2) is 16.8 Å². The van der Waals surface area contributed by atoms with Gasteiger partial charge in [-0.3, -0.25) is 4.72 Å². The van der Waals surface area contributed by atoms with Crippen LogP contribution in [-0.4, -0.2) is 33.4 Å². The summed E-state index contributed by atoms with van der Waals surface area (Å²) in [6, 6.07) is 8.20. The highest BCUT2D eigenvalue weighted by molar-refractivity contribution is 7.94. The highest BCUT2D eigenvalue weighted by Crippen LogP contribution is 2.29. The van der Waals surface area contributed by atoms with Gasteiger partial charge in [-0.05, 0) is 48.7 Å². The monoisotopic (exact) mass is 420 g/mol. The molecule has 0 unspecified atom stereocenters. The van der Waals surface area contributed by atoms with Crippen molar-refractivity contribution >= 4 is 48.7 Å². The molecule has 136 valence electrons. The number of sulfonamides is 2. The van der Waals surface area contributed by atoms with Crippen molar-refractivity contribution in [2.45, 2.75) is 24.1 Å². The summed E-state index contributed by atoms with van der Waals surface area (Å²) in [5.41, 5.74) is 2.25. The maximum absolute atomic E-state index is 12.4. The first-order valence-electron chi connectivity index (χ1n) is 7.59. The minimum atomic E-state index is -3.71. The van der Waals surface area contributed by atoms with Gasteiger partial charge in [-0.1, -0.05) is 17.7 Å². The van der Waals surface area contributed by atoms with E-state index < -0.39 is 20.0 Å². The Bertz CT molecular complexity index is 1000. The number of rotatable bonds is 5. The summed E-state index contributed by atoms with van der Waals surface area (Å²) in [6.07, 6.45) is 0.613. The smallest absolute Gasteiger partial charge is 0.271 e. The second-order valence-electron chi connectivity index (χ2n) is 5.63. The summed E-state index contributed by atoms with van der Waals surface area (Å²) in [7, 11) is -6.98. The highest BCUT2D eigenvalue weighted by atomic mass is 35.5. The third kappa shape index (κ3) is 4.01. The fraction of sp³-hybridized carbons (Fsp3) is 0.333. The van der Waals surface area contributed by atoms with Crippen LogP contribution in [0.2, 0.25) is 4.34 Å². The van der Waals surface area contributed by atoms with Crippen LogP contribution < -0.4 is 4.72 Å². The fourth-order valence-electron chi connectivity index (χ4n) is 2.66. The molecule has 10 heteroatoms. The summed E-state index contributed by atoms with van der Waals surface area (Å²) in [5.74, 6) is 0.0494. The summed E-state index contributed by atoms with van der Waals surface area (Å²) >= 11 is 6.78. The molecular formula is C15H17ClN2O4S3. The highest BCUT2D eigenvalue weighted by Gasteiger charge is 2.26. The SMILES string of the molecule is CCS(=O)(=O)N1CCc2ccc(NS(=O)(=O)c3ccc(Cl)s3)cc2C1. The zero-order valence-electron chi connectivity index (χ0n) is 13.4. The van der Waals surface area contributed by atoms with Crippen LogP contribution in [-0.2, 0) is 33.0 Å². The molecule has 0 aliphatic carbocycles. The number of nitrogens with zero attached hydrogens (tertiary/aromatic N) is 1. The maximum atomic E-state index is 12.4. The second kappa shape index (κ2) is 6.88. The number of hydrogen-bond acceptors (Lipinski definition) is 5. The maximum Gasteiger partial charge on any atom is 0.271 e. The molecule has 0 saturated heterocycles. The number of fused-ring (bicyclic) bond motifs is 1. The van der Waals surface area contributed by atoms with E-state index in [0.29, 0.717) is 23.0 Å². The first-order valence-corrected chi connectivity index (χ1v) is 11.9. The van der Waals surface area contributed by atoms with E-state index in [1.165, 1.54) is 16.4 Å². The molecule has 1 N–H and O–H groups in total. The van der Waals surface area contributed by atoms with Crippen molar-refractivity contribution in [2.75, 3.05) is 17.0 Å². The Morgan fingerprint density at radius 3 is 2.56 bits per heavy atom. The minimum absolute atomic E-state index is 0.0494. The number of anilines is 1. The fourth-order valence-corrected chi connectivity index (χ4v) is 6.26. The Morgan fingerprint density at radius 1 is 1.16 bits per heavy atom. The van der Waals surface area contributed by atoms with Gasteiger partial charge in [0.25, 0.3) is 10.0 Å². The Hall–Kier alpha value is -1.13. The molecule has 6 nitrogen and oxygen atoms in total. The number of nitrogens with one attached hydrogen (secondary N) is 1. The zero-order valence-corrected chi connectivity index (χ0v) is 16.6. The lowest BCUT2D eigenvalue weighted by Crippen LogP contribution is -2.36. The van der Waals surface area contributed by atoms with Gasteiger partial charge >= 0.3 is 0 Å². The van der Waals surface area contributed by atoms with Crippen molar-refractivity contribution in [1.29, 1.82) is 0 Å². The van der Waals surface area contributed by atoms with Gasteiger partial charge in [0.15, 0.2) is 0 Å². The molecule has 1 aliphatic rings. The molecule has 3 rings (SSSR count). The summed E-state index contributed by atoms with van der Waals surface area (Å²) < 4.78 is 53.4. The Kier molecular flexibility index (Phi) is 5.13. The number of halogens is 1. The van der Waals surface area contributed by atoms with Crippen molar-refractivity contribution < 1.29 is 16.8 Å². The Labute approximate surface area is 156 Å². The van der Waals surface area contributed by atoms with Gasteiger partial charge < -0.3 is 0 Å². The number of thiophene rings is 1. The number of benzene rings is 1. The molecule has 0 radical (unpaired) electrons. The van der Waals surface area contributed by atoms with Crippen LogP contribution >= 0.6 is 22.9 Å². The average molecular weight is 421 g/mol. The van der Waals surface area contributed by atoms with Crippen LogP contribution in [0.5, 0.6) is 0 Å².